The van der Waals surface area contributed by atoms with Gasteiger partial charge in [-0.3, -0.25) is 0 Å². The Hall–Kier alpha value is -5.93. The average Bonchev–Trinajstić information content (AvgIpc) is 3.55. The molecule has 1 heterocycles. The molecule has 0 bridgehead atoms. The molecule has 0 aliphatic carbocycles. The van der Waals surface area contributed by atoms with Crippen molar-refractivity contribution in [1.82, 2.24) is 4.98 Å². The third-order valence-corrected chi connectivity index (χ3v) is 8.11. The highest BCUT2D eigenvalue weighted by Gasteiger charge is 2.20. The van der Waals surface area contributed by atoms with Gasteiger partial charge in [0.15, 0.2) is 5.58 Å². The normalized spacial score (nSPS) is 11.2. The third kappa shape index (κ3) is 4.61. The Kier molecular flexibility index (Phi) is 6.47. The molecule has 3 nitrogen and oxygen atoms in total. The summed E-state index contributed by atoms with van der Waals surface area (Å²) < 4.78 is 6.46. The van der Waals surface area contributed by atoms with Crippen LogP contribution >= 0.6 is 0 Å². The number of oxazole rings is 1. The number of anilines is 3. The van der Waals surface area contributed by atoms with Gasteiger partial charge in [-0.25, -0.2) is 4.98 Å². The van der Waals surface area contributed by atoms with E-state index in [9.17, 15) is 0 Å². The summed E-state index contributed by atoms with van der Waals surface area (Å²) in [6, 6.07) is 59.2. The summed E-state index contributed by atoms with van der Waals surface area (Å²) in [7, 11) is 0. The molecule has 0 N–H and O–H groups in total. The average molecular weight is 565 g/mol. The van der Waals surface area contributed by atoms with Crippen molar-refractivity contribution in [3.8, 4) is 33.7 Å². The molecule has 0 atom stereocenters. The monoisotopic (exact) mass is 564 g/mol. The van der Waals surface area contributed by atoms with Crippen molar-refractivity contribution in [3.63, 3.8) is 0 Å². The maximum Gasteiger partial charge on any atom is 0.227 e. The molecule has 0 fully saturated rings. The summed E-state index contributed by atoms with van der Waals surface area (Å²) in [5, 5.41) is 2.49. The van der Waals surface area contributed by atoms with E-state index in [1.165, 1.54) is 21.9 Å². The first-order valence-corrected chi connectivity index (χ1v) is 14.8. The number of para-hydroxylation sites is 3. The lowest BCUT2D eigenvalue weighted by Crippen LogP contribution is -2.11. The van der Waals surface area contributed by atoms with Crippen molar-refractivity contribution in [3.05, 3.63) is 170 Å². The minimum absolute atomic E-state index is 0.620. The van der Waals surface area contributed by atoms with Gasteiger partial charge in [-0.15, -0.1) is 0 Å². The third-order valence-electron chi connectivity index (χ3n) is 8.11. The van der Waals surface area contributed by atoms with Gasteiger partial charge < -0.3 is 9.32 Å². The fourth-order valence-electron chi connectivity index (χ4n) is 6.03. The summed E-state index contributed by atoms with van der Waals surface area (Å²) in [4.78, 5) is 7.15. The zero-order valence-electron chi connectivity index (χ0n) is 24.0. The van der Waals surface area contributed by atoms with Crippen LogP contribution in [0.1, 0.15) is 0 Å². The van der Waals surface area contributed by atoms with Gasteiger partial charge in [0, 0.05) is 28.1 Å². The molecule has 1 aromatic heterocycles. The number of benzene rings is 7. The van der Waals surface area contributed by atoms with E-state index in [-0.39, 0.29) is 0 Å². The SMILES string of the molecule is c1ccc(-c2nc3cccc(-c4ccccc4N(c4ccccc4)c4ccc(-c5cccc6ccccc56)cc4)c3o2)cc1. The Bertz CT molecular complexity index is 2210. The number of nitrogens with zero attached hydrogens (tertiary/aromatic N) is 2. The standard InChI is InChI=1S/C41H28N2O/c1-3-14-31(15-4-1)41-42-38-23-12-22-37(40(38)44-41)36-20-9-10-24-39(36)43(32-17-5-2-6-18-32)33-27-25-30(26-28-33)35-21-11-16-29-13-7-8-19-34(29)35/h1-28H. The van der Waals surface area contributed by atoms with E-state index in [0.717, 1.165) is 44.9 Å². The number of rotatable bonds is 6. The summed E-state index contributed by atoms with van der Waals surface area (Å²) in [6.07, 6.45) is 0. The second-order valence-corrected chi connectivity index (χ2v) is 10.8. The molecule has 8 rings (SSSR count). The summed E-state index contributed by atoms with van der Waals surface area (Å²) in [5.74, 6) is 0.620. The van der Waals surface area contributed by atoms with Gasteiger partial charge in [-0.1, -0.05) is 121 Å². The van der Waals surface area contributed by atoms with Crippen molar-refractivity contribution in [2.24, 2.45) is 0 Å². The largest absolute Gasteiger partial charge is 0.435 e. The van der Waals surface area contributed by atoms with Crippen LogP contribution in [0.2, 0.25) is 0 Å². The maximum atomic E-state index is 6.46. The molecule has 0 aliphatic rings. The summed E-state index contributed by atoms with van der Waals surface area (Å²) >= 11 is 0. The van der Waals surface area contributed by atoms with E-state index in [2.05, 4.69) is 138 Å². The quantitative estimate of drug-likeness (QED) is 0.201. The van der Waals surface area contributed by atoms with Gasteiger partial charge in [0.05, 0.1) is 5.69 Å². The molecule has 0 spiro atoms. The zero-order chi connectivity index (χ0) is 29.3. The second-order valence-electron chi connectivity index (χ2n) is 10.8. The van der Waals surface area contributed by atoms with Crippen molar-refractivity contribution in [2.75, 3.05) is 4.90 Å². The predicted molar refractivity (Wildman–Crippen MR) is 183 cm³/mol. The van der Waals surface area contributed by atoms with E-state index in [0.29, 0.717) is 5.89 Å². The van der Waals surface area contributed by atoms with Crippen LogP contribution in [0.15, 0.2) is 174 Å². The van der Waals surface area contributed by atoms with Crippen LogP contribution in [0.3, 0.4) is 0 Å². The Morgan fingerprint density at radius 3 is 1.89 bits per heavy atom. The number of fused-ring (bicyclic) bond motifs is 2. The van der Waals surface area contributed by atoms with E-state index < -0.39 is 0 Å². The molecule has 0 saturated heterocycles. The highest BCUT2D eigenvalue weighted by atomic mass is 16.3. The molecule has 0 unspecified atom stereocenters. The van der Waals surface area contributed by atoms with Crippen LogP contribution < -0.4 is 4.90 Å². The number of aromatic nitrogens is 1. The van der Waals surface area contributed by atoms with Crippen LogP contribution in [0.4, 0.5) is 17.1 Å². The van der Waals surface area contributed by atoms with Gasteiger partial charge in [0.1, 0.15) is 5.52 Å². The summed E-state index contributed by atoms with van der Waals surface area (Å²) in [5.41, 5.74) is 10.3. The molecule has 0 radical (unpaired) electrons. The Labute approximate surface area is 256 Å². The van der Waals surface area contributed by atoms with Crippen LogP contribution in [-0.4, -0.2) is 4.98 Å². The zero-order valence-corrected chi connectivity index (χ0v) is 24.0. The molecular weight excluding hydrogens is 536 g/mol. The van der Waals surface area contributed by atoms with Gasteiger partial charge in [0.2, 0.25) is 5.89 Å². The molecule has 0 saturated carbocycles. The van der Waals surface area contributed by atoms with Crippen LogP contribution in [-0.2, 0) is 0 Å². The molecular formula is C41H28N2O. The maximum absolute atomic E-state index is 6.46. The van der Waals surface area contributed by atoms with E-state index in [1.54, 1.807) is 0 Å². The molecule has 3 heteroatoms. The highest BCUT2D eigenvalue weighted by Crippen LogP contribution is 2.43. The first kappa shape index (κ1) is 25.8. The number of hydrogen-bond donors (Lipinski definition) is 0. The van der Waals surface area contributed by atoms with Crippen molar-refractivity contribution < 1.29 is 4.42 Å². The van der Waals surface area contributed by atoms with E-state index >= 15 is 0 Å². The molecule has 0 amide bonds. The van der Waals surface area contributed by atoms with Crippen LogP contribution in [0.5, 0.6) is 0 Å². The van der Waals surface area contributed by atoms with Gasteiger partial charge in [-0.2, -0.15) is 0 Å². The molecule has 8 aromatic rings. The first-order valence-electron chi connectivity index (χ1n) is 14.8. The fraction of sp³-hybridized carbons (Fsp3) is 0. The Morgan fingerprint density at radius 2 is 1.05 bits per heavy atom. The van der Waals surface area contributed by atoms with Crippen molar-refractivity contribution in [2.45, 2.75) is 0 Å². The van der Waals surface area contributed by atoms with Gasteiger partial charge in [0.25, 0.3) is 0 Å². The minimum Gasteiger partial charge on any atom is -0.435 e. The topological polar surface area (TPSA) is 29.3 Å². The Morgan fingerprint density at radius 1 is 0.432 bits per heavy atom. The molecule has 0 aliphatic heterocycles. The van der Waals surface area contributed by atoms with Crippen molar-refractivity contribution in [1.29, 1.82) is 0 Å². The van der Waals surface area contributed by atoms with E-state index in [4.69, 9.17) is 9.40 Å². The van der Waals surface area contributed by atoms with Crippen LogP contribution in [0.25, 0.3) is 55.6 Å². The molecule has 208 valence electrons. The molecule has 44 heavy (non-hydrogen) atoms. The predicted octanol–water partition coefficient (Wildman–Crippen LogP) is 11.5. The fourth-order valence-corrected chi connectivity index (χ4v) is 6.03. The van der Waals surface area contributed by atoms with Gasteiger partial charge in [-0.05, 0) is 70.4 Å². The Balaban J connectivity index is 1.27. The molecule has 7 aromatic carbocycles. The van der Waals surface area contributed by atoms with E-state index in [1.807, 2.05) is 36.4 Å². The lowest BCUT2D eigenvalue weighted by molar-refractivity contribution is 0.621. The van der Waals surface area contributed by atoms with Crippen molar-refractivity contribution >= 4 is 38.9 Å². The lowest BCUT2D eigenvalue weighted by Gasteiger charge is -2.28. The highest BCUT2D eigenvalue weighted by molar-refractivity contribution is 5.99. The minimum atomic E-state index is 0.620. The van der Waals surface area contributed by atoms with Crippen LogP contribution in [0, 0.1) is 0 Å². The summed E-state index contributed by atoms with van der Waals surface area (Å²) in [6.45, 7) is 0. The number of hydrogen-bond acceptors (Lipinski definition) is 3. The van der Waals surface area contributed by atoms with Gasteiger partial charge >= 0.3 is 0 Å². The lowest BCUT2D eigenvalue weighted by atomic mass is 9.97. The first-order chi connectivity index (χ1) is 21.8. The smallest absolute Gasteiger partial charge is 0.227 e. The second kappa shape index (κ2) is 11.0.